The number of hydrogen-bond acceptors (Lipinski definition) is 1. The van der Waals surface area contributed by atoms with Gasteiger partial charge in [0.05, 0.1) is 6.61 Å². The third-order valence-corrected chi connectivity index (χ3v) is 2.94. The monoisotopic (exact) mass is 213 g/mol. The molecule has 0 spiro atoms. The summed E-state index contributed by atoms with van der Waals surface area (Å²) in [6.07, 6.45) is 16.0. The molecule has 0 aromatic heterocycles. The molecule has 1 N–H and O–H groups in total. The van der Waals surface area contributed by atoms with Gasteiger partial charge < -0.3 is 5.11 Å². The molecule has 0 fully saturated rings. The molecular weight excluding hydrogens is 184 g/mol. The van der Waals surface area contributed by atoms with Crippen molar-refractivity contribution in [2.24, 2.45) is 0 Å². The summed E-state index contributed by atoms with van der Waals surface area (Å²) in [5.74, 6) is 0. The van der Waals surface area contributed by atoms with E-state index in [1.165, 1.54) is 70.8 Å². The number of hydrogen-bond donors (Lipinski definition) is 1. The molecule has 0 saturated carbocycles. The summed E-state index contributed by atoms with van der Waals surface area (Å²) >= 11 is 0. The Hall–Kier alpha value is -0.0400. The number of aliphatic hydroxyl groups excluding tert-OH is 1. The lowest BCUT2D eigenvalue weighted by atomic mass is 10.1. The first-order valence-corrected chi connectivity index (χ1v) is 6.87. The normalized spacial score (nSPS) is 10.8. The Balaban J connectivity index is 2.81. The predicted octanol–water partition coefficient (Wildman–Crippen LogP) is 5.22. The first-order valence-electron chi connectivity index (χ1n) is 6.87. The van der Waals surface area contributed by atoms with Crippen molar-refractivity contribution in [3.05, 3.63) is 6.61 Å². The summed E-state index contributed by atoms with van der Waals surface area (Å²) in [6, 6.07) is 0. The van der Waals surface area contributed by atoms with E-state index in [-0.39, 0.29) is 0 Å². The van der Waals surface area contributed by atoms with E-state index < -0.39 is 0 Å². The fourth-order valence-electron chi connectivity index (χ4n) is 1.90. The summed E-state index contributed by atoms with van der Waals surface area (Å²) in [5, 5.41) is 8.48. The topological polar surface area (TPSA) is 20.2 Å². The molecule has 0 saturated heterocycles. The maximum Gasteiger partial charge on any atom is 0.0799 e. The third kappa shape index (κ3) is 14.0. The lowest BCUT2D eigenvalue weighted by Crippen LogP contribution is -1.82. The van der Waals surface area contributed by atoms with Crippen LogP contribution in [0.1, 0.15) is 84.0 Å². The van der Waals surface area contributed by atoms with E-state index in [2.05, 4.69) is 6.92 Å². The Bertz CT molecular complexity index is 89.5. The van der Waals surface area contributed by atoms with Gasteiger partial charge in [0.1, 0.15) is 0 Å². The van der Waals surface area contributed by atoms with Crippen molar-refractivity contribution >= 4 is 0 Å². The van der Waals surface area contributed by atoms with Gasteiger partial charge in [0.2, 0.25) is 0 Å². The molecule has 0 aliphatic carbocycles. The van der Waals surface area contributed by atoms with Gasteiger partial charge >= 0.3 is 0 Å². The number of rotatable bonds is 12. The summed E-state index contributed by atoms with van der Waals surface area (Å²) in [4.78, 5) is 0. The van der Waals surface area contributed by atoms with E-state index >= 15 is 0 Å². The molecular formula is C14H29O. The summed E-state index contributed by atoms with van der Waals surface area (Å²) in [5.41, 5.74) is 0. The Morgan fingerprint density at radius 3 is 1.47 bits per heavy atom. The minimum atomic E-state index is 0.872. The van der Waals surface area contributed by atoms with Crippen LogP contribution in [0.25, 0.3) is 0 Å². The molecule has 0 heterocycles. The van der Waals surface area contributed by atoms with Crippen LogP contribution in [0.15, 0.2) is 0 Å². The second-order valence-corrected chi connectivity index (χ2v) is 4.51. The van der Waals surface area contributed by atoms with Crippen molar-refractivity contribution < 1.29 is 5.11 Å². The second-order valence-electron chi connectivity index (χ2n) is 4.51. The van der Waals surface area contributed by atoms with Gasteiger partial charge in [0.15, 0.2) is 0 Å². The van der Waals surface area contributed by atoms with Crippen LogP contribution in [-0.4, -0.2) is 5.11 Å². The lowest BCUT2D eigenvalue weighted by molar-refractivity contribution is 0.367. The summed E-state index contributed by atoms with van der Waals surface area (Å²) in [7, 11) is 0. The Kier molecular flexibility index (Phi) is 13.9. The highest BCUT2D eigenvalue weighted by molar-refractivity contribution is 4.50. The molecule has 1 nitrogen and oxygen atoms in total. The average molecular weight is 213 g/mol. The SMILES string of the molecule is CCCCCCCCCCCCC[CH]O. The maximum absolute atomic E-state index is 8.48. The molecule has 0 atom stereocenters. The maximum atomic E-state index is 8.48. The Morgan fingerprint density at radius 2 is 1.07 bits per heavy atom. The minimum absolute atomic E-state index is 0.872. The molecule has 0 aromatic carbocycles. The zero-order chi connectivity index (χ0) is 11.2. The molecule has 0 rings (SSSR count). The fourth-order valence-corrected chi connectivity index (χ4v) is 1.90. The highest BCUT2D eigenvalue weighted by Crippen LogP contribution is 2.11. The van der Waals surface area contributed by atoms with Crippen LogP contribution >= 0.6 is 0 Å². The largest absolute Gasteiger partial charge is 0.390 e. The van der Waals surface area contributed by atoms with Crippen molar-refractivity contribution in [1.29, 1.82) is 0 Å². The van der Waals surface area contributed by atoms with Crippen molar-refractivity contribution in [2.45, 2.75) is 84.0 Å². The Morgan fingerprint density at radius 1 is 0.667 bits per heavy atom. The fraction of sp³-hybridized carbons (Fsp3) is 0.929. The Labute approximate surface area is 96.3 Å². The van der Waals surface area contributed by atoms with Crippen LogP contribution in [0.2, 0.25) is 0 Å². The van der Waals surface area contributed by atoms with Gasteiger partial charge in [0.25, 0.3) is 0 Å². The molecule has 0 unspecified atom stereocenters. The van der Waals surface area contributed by atoms with Crippen molar-refractivity contribution in [1.82, 2.24) is 0 Å². The molecule has 15 heavy (non-hydrogen) atoms. The minimum Gasteiger partial charge on any atom is -0.390 e. The molecule has 0 aromatic rings. The van der Waals surface area contributed by atoms with Crippen LogP contribution in [0.5, 0.6) is 0 Å². The zero-order valence-electron chi connectivity index (χ0n) is 10.5. The zero-order valence-corrected chi connectivity index (χ0v) is 10.5. The van der Waals surface area contributed by atoms with Gasteiger partial charge in [-0.1, -0.05) is 77.6 Å². The van der Waals surface area contributed by atoms with Gasteiger partial charge in [-0.2, -0.15) is 0 Å². The van der Waals surface area contributed by atoms with E-state index in [1.807, 2.05) is 0 Å². The summed E-state index contributed by atoms with van der Waals surface area (Å²) < 4.78 is 0. The van der Waals surface area contributed by atoms with E-state index in [0.29, 0.717) is 0 Å². The standard InChI is InChI=1S/C14H29O/c1-2-3-4-5-6-7-8-9-10-11-12-13-14-15/h14-15H,2-13H2,1H3. The van der Waals surface area contributed by atoms with Crippen LogP contribution in [-0.2, 0) is 0 Å². The first kappa shape index (κ1) is 15.0. The highest BCUT2D eigenvalue weighted by atomic mass is 16.2. The van der Waals surface area contributed by atoms with Crippen molar-refractivity contribution in [2.75, 3.05) is 0 Å². The van der Waals surface area contributed by atoms with Gasteiger partial charge in [-0.15, -0.1) is 0 Å². The van der Waals surface area contributed by atoms with Crippen LogP contribution in [0.3, 0.4) is 0 Å². The molecule has 0 aliphatic heterocycles. The molecule has 0 amide bonds. The number of unbranched alkanes of at least 4 members (excludes halogenated alkanes) is 11. The van der Waals surface area contributed by atoms with Gasteiger partial charge in [-0.3, -0.25) is 0 Å². The van der Waals surface area contributed by atoms with Crippen LogP contribution in [0, 0.1) is 6.61 Å². The smallest absolute Gasteiger partial charge is 0.0799 e. The van der Waals surface area contributed by atoms with Crippen LogP contribution in [0.4, 0.5) is 0 Å². The first-order chi connectivity index (χ1) is 7.41. The van der Waals surface area contributed by atoms with Crippen molar-refractivity contribution in [3.63, 3.8) is 0 Å². The quantitative estimate of drug-likeness (QED) is 0.440. The van der Waals surface area contributed by atoms with E-state index in [1.54, 1.807) is 0 Å². The molecule has 0 aliphatic rings. The van der Waals surface area contributed by atoms with E-state index in [0.717, 1.165) is 12.8 Å². The second kappa shape index (κ2) is 14.0. The van der Waals surface area contributed by atoms with Gasteiger partial charge in [-0.25, -0.2) is 0 Å². The average Bonchev–Trinajstić information content (AvgIpc) is 2.26. The van der Waals surface area contributed by atoms with E-state index in [9.17, 15) is 0 Å². The summed E-state index contributed by atoms with van der Waals surface area (Å²) in [6.45, 7) is 3.55. The third-order valence-electron chi connectivity index (χ3n) is 2.94. The van der Waals surface area contributed by atoms with Gasteiger partial charge in [-0.05, 0) is 6.42 Å². The van der Waals surface area contributed by atoms with Gasteiger partial charge in [0, 0.05) is 0 Å². The molecule has 1 heteroatoms. The molecule has 0 bridgehead atoms. The lowest BCUT2D eigenvalue weighted by Gasteiger charge is -2.01. The predicted molar refractivity (Wildman–Crippen MR) is 67.3 cm³/mol. The molecule has 91 valence electrons. The van der Waals surface area contributed by atoms with Crippen molar-refractivity contribution in [3.8, 4) is 0 Å². The highest BCUT2D eigenvalue weighted by Gasteiger charge is 1.92. The van der Waals surface area contributed by atoms with Crippen LogP contribution < -0.4 is 0 Å². The molecule has 1 radical (unpaired) electrons. The number of aliphatic hydroxyl groups is 1. The van der Waals surface area contributed by atoms with E-state index in [4.69, 9.17) is 5.11 Å².